The summed E-state index contributed by atoms with van der Waals surface area (Å²) in [7, 11) is 0. The molecule has 0 radical (unpaired) electrons. The Morgan fingerprint density at radius 3 is 2.78 bits per heavy atom. The van der Waals surface area contributed by atoms with Crippen LogP contribution in [0.3, 0.4) is 0 Å². The van der Waals surface area contributed by atoms with E-state index in [9.17, 15) is 4.39 Å². The second kappa shape index (κ2) is 4.77. The van der Waals surface area contributed by atoms with Crippen LogP contribution in [0.25, 0.3) is 0 Å². The standard InChI is InChI=1S/C15H15FN2/c16-13-4-1-3-11(7-13)12-8-15(9-12)18-14-5-2-6-17-10-14/h1-7,10,12,15,18H,8-9H2. The van der Waals surface area contributed by atoms with Gasteiger partial charge >= 0.3 is 0 Å². The van der Waals surface area contributed by atoms with E-state index in [0.717, 1.165) is 24.1 Å². The van der Waals surface area contributed by atoms with E-state index < -0.39 is 0 Å². The van der Waals surface area contributed by atoms with E-state index in [-0.39, 0.29) is 5.82 Å². The summed E-state index contributed by atoms with van der Waals surface area (Å²) in [5.74, 6) is 0.339. The number of nitrogens with one attached hydrogen (secondary N) is 1. The first-order chi connectivity index (χ1) is 8.81. The van der Waals surface area contributed by atoms with Crippen molar-refractivity contribution in [3.05, 3.63) is 60.2 Å². The van der Waals surface area contributed by atoms with Gasteiger partial charge in [-0.05, 0) is 48.6 Å². The number of benzene rings is 1. The third-order valence-corrected chi connectivity index (χ3v) is 3.49. The van der Waals surface area contributed by atoms with Gasteiger partial charge in [0, 0.05) is 18.4 Å². The molecule has 1 saturated carbocycles. The average Bonchev–Trinajstić information content (AvgIpc) is 2.34. The number of pyridine rings is 1. The number of rotatable bonds is 3. The highest BCUT2D eigenvalue weighted by Gasteiger charge is 2.30. The van der Waals surface area contributed by atoms with Gasteiger partial charge in [-0.2, -0.15) is 0 Å². The van der Waals surface area contributed by atoms with Crippen LogP contribution in [-0.4, -0.2) is 11.0 Å². The zero-order valence-corrected chi connectivity index (χ0v) is 10.0. The van der Waals surface area contributed by atoms with Crippen LogP contribution in [-0.2, 0) is 0 Å². The van der Waals surface area contributed by atoms with Gasteiger partial charge in [-0.3, -0.25) is 4.98 Å². The minimum Gasteiger partial charge on any atom is -0.381 e. The Morgan fingerprint density at radius 1 is 1.17 bits per heavy atom. The number of halogens is 1. The van der Waals surface area contributed by atoms with Crippen molar-refractivity contribution in [2.75, 3.05) is 5.32 Å². The minimum atomic E-state index is -0.142. The van der Waals surface area contributed by atoms with Crippen molar-refractivity contribution in [3.63, 3.8) is 0 Å². The zero-order valence-electron chi connectivity index (χ0n) is 10.0. The maximum Gasteiger partial charge on any atom is 0.123 e. The summed E-state index contributed by atoms with van der Waals surface area (Å²) in [6.45, 7) is 0. The molecule has 1 heterocycles. The highest BCUT2D eigenvalue weighted by atomic mass is 19.1. The van der Waals surface area contributed by atoms with Crippen LogP contribution < -0.4 is 5.32 Å². The normalized spacial score (nSPS) is 22.3. The first kappa shape index (κ1) is 11.2. The Hall–Kier alpha value is -1.90. The molecule has 2 nitrogen and oxygen atoms in total. The third-order valence-electron chi connectivity index (χ3n) is 3.49. The molecule has 3 rings (SSSR count). The molecule has 2 aromatic rings. The van der Waals surface area contributed by atoms with Crippen LogP contribution in [0.5, 0.6) is 0 Å². The van der Waals surface area contributed by atoms with Gasteiger partial charge in [0.15, 0.2) is 0 Å². The topological polar surface area (TPSA) is 24.9 Å². The van der Waals surface area contributed by atoms with Gasteiger partial charge in [-0.25, -0.2) is 4.39 Å². The first-order valence-electron chi connectivity index (χ1n) is 6.23. The smallest absolute Gasteiger partial charge is 0.123 e. The predicted octanol–water partition coefficient (Wildman–Crippen LogP) is 3.58. The lowest BCUT2D eigenvalue weighted by atomic mass is 9.76. The van der Waals surface area contributed by atoms with Crippen LogP contribution >= 0.6 is 0 Å². The molecule has 18 heavy (non-hydrogen) atoms. The lowest BCUT2D eigenvalue weighted by molar-refractivity contribution is 0.373. The van der Waals surface area contributed by atoms with Gasteiger partial charge in [0.1, 0.15) is 5.82 Å². The molecule has 0 bridgehead atoms. The fraction of sp³-hybridized carbons (Fsp3) is 0.267. The van der Waals surface area contributed by atoms with Crippen LogP contribution in [0.2, 0.25) is 0 Å². The van der Waals surface area contributed by atoms with Crippen LogP contribution in [0.15, 0.2) is 48.8 Å². The number of hydrogen-bond acceptors (Lipinski definition) is 2. The Kier molecular flexibility index (Phi) is 2.97. The van der Waals surface area contributed by atoms with Crippen molar-refractivity contribution >= 4 is 5.69 Å². The summed E-state index contributed by atoms with van der Waals surface area (Å²) in [4.78, 5) is 4.07. The largest absolute Gasteiger partial charge is 0.381 e. The van der Waals surface area contributed by atoms with E-state index in [1.165, 1.54) is 6.07 Å². The van der Waals surface area contributed by atoms with Crippen molar-refractivity contribution in [1.82, 2.24) is 4.98 Å². The van der Waals surface area contributed by atoms with Crippen molar-refractivity contribution in [3.8, 4) is 0 Å². The molecule has 0 atom stereocenters. The highest BCUT2D eigenvalue weighted by Crippen LogP contribution is 2.38. The molecule has 0 saturated heterocycles. The summed E-state index contributed by atoms with van der Waals surface area (Å²) in [5.41, 5.74) is 2.17. The predicted molar refractivity (Wildman–Crippen MR) is 70.0 cm³/mol. The summed E-state index contributed by atoms with van der Waals surface area (Å²) in [6, 6.07) is 11.3. The fourth-order valence-corrected chi connectivity index (χ4v) is 2.45. The van der Waals surface area contributed by atoms with Gasteiger partial charge in [0.25, 0.3) is 0 Å². The van der Waals surface area contributed by atoms with Gasteiger partial charge in [0.05, 0.1) is 5.69 Å². The van der Waals surface area contributed by atoms with Gasteiger partial charge in [0.2, 0.25) is 0 Å². The fourth-order valence-electron chi connectivity index (χ4n) is 2.45. The molecule has 0 aliphatic heterocycles. The van der Waals surface area contributed by atoms with Crippen molar-refractivity contribution < 1.29 is 4.39 Å². The van der Waals surface area contributed by atoms with Crippen molar-refractivity contribution in [2.24, 2.45) is 0 Å². The maximum atomic E-state index is 13.1. The van der Waals surface area contributed by atoms with Crippen LogP contribution in [0.4, 0.5) is 10.1 Å². The van der Waals surface area contributed by atoms with E-state index in [4.69, 9.17) is 0 Å². The van der Waals surface area contributed by atoms with E-state index in [2.05, 4.69) is 10.3 Å². The number of nitrogens with zero attached hydrogens (tertiary/aromatic N) is 1. The van der Waals surface area contributed by atoms with E-state index in [1.54, 1.807) is 18.3 Å². The molecule has 1 aromatic carbocycles. The van der Waals surface area contributed by atoms with E-state index >= 15 is 0 Å². The monoisotopic (exact) mass is 242 g/mol. The maximum absolute atomic E-state index is 13.1. The Morgan fingerprint density at radius 2 is 2.06 bits per heavy atom. The third kappa shape index (κ3) is 2.35. The van der Waals surface area contributed by atoms with Crippen LogP contribution in [0.1, 0.15) is 24.3 Å². The summed E-state index contributed by atoms with van der Waals surface area (Å²) >= 11 is 0. The second-order valence-corrected chi connectivity index (χ2v) is 4.81. The summed E-state index contributed by atoms with van der Waals surface area (Å²) < 4.78 is 13.1. The summed E-state index contributed by atoms with van der Waals surface area (Å²) in [5, 5.41) is 3.44. The SMILES string of the molecule is Fc1cccc(C2CC(Nc3cccnc3)C2)c1. The van der Waals surface area contributed by atoms with Gasteiger partial charge in [-0.1, -0.05) is 12.1 Å². The van der Waals surface area contributed by atoms with Crippen molar-refractivity contribution in [2.45, 2.75) is 24.8 Å². The molecular formula is C15H15FN2. The second-order valence-electron chi connectivity index (χ2n) is 4.81. The zero-order chi connectivity index (χ0) is 12.4. The Labute approximate surface area is 106 Å². The highest BCUT2D eigenvalue weighted by molar-refractivity contribution is 5.42. The molecular weight excluding hydrogens is 227 g/mol. The van der Waals surface area contributed by atoms with Gasteiger partial charge < -0.3 is 5.32 Å². The van der Waals surface area contributed by atoms with E-state index in [0.29, 0.717) is 12.0 Å². The molecule has 1 aromatic heterocycles. The molecule has 92 valence electrons. The first-order valence-corrected chi connectivity index (χ1v) is 6.23. The molecule has 1 aliphatic rings. The molecule has 3 heteroatoms. The number of anilines is 1. The van der Waals surface area contributed by atoms with Gasteiger partial charge in [-0.15, -0.1) is 0 Å². The number of hydrogen-bond donors (Lipinski definition) is 1. The molecule has 0 amide bonds. The average molecular weight is 242 g/mol. The lowest BCUT2D eigenvalue weighted by Gasteiger charge is -2.36. The van der Waals surface area contributed by atoms with Crippen LogP contribution in [0, 0.1) is 5.82 Å². The summed E-state index contributed by atoms with van der Waals surface area (Å²) in [6.07, 6.45) is 5.70. The Balaban J connectivity index is 1.57. The Bertz CT molecular complexity index is 521. The molecule has 0 spiro atoms. The molecule has 1 N–H and O–H groups in total. The molecule has 0 unspecified atom stereocenters. The minimum absolute atomic E-state index is 0.142. The number of aromatic nitrogens is 1. The lowest BCUT2D eigenvalue weighted by Crippen LogP contribution is -2.34. The quantitative estimate of drug-likeness (QED) is 0.889. The molecule has 1 aliphatic carbocycles. The molecule has 1 fully saturated rings. The van der Waals surface area contributed by atoms with Crippen molar-refractivity contribution in [1.29, 1.82) is 0 Å². The van der Waals surface area contributed by atoms with E-state index in [1.807, 2.05) is 24.4 Å².